The molecule has 2 aromatic rings. The van der Waals surface area contributed by atoms with Crippen molar-refractivity contribution in [1.82, 2.24) is 0 Å². The van der Waals surface area contributed by atoms with Gasteiger partial charge in [-0.15, -0.1) is 0 Å². The number of nitro benzene ring substituents is 1. The second kappa shape index (κ2) is 10.0. The fourth-order valence-electron chi connectivity index (χ4n) is 2.76. The molecular weight excluding hydrogens is 456 g/mol. The Hall–Kier alpha value is -4.06. The fraction of sp³-hybridized carbons (Fsp3) is 0.190. The number of Topliss-reactive ketones (excluding diaryl/α,β-unsaturated/α-hetero) is 1. The zero-order valence-corrected chi connectivity index (χ0v) is 18.6. The Bertz CT molecular complexity index is 1250. The second-order valence-electron chi connectivity index (χ2n) is 6.85. The molecule has 2 N–H and O–H groups in total. The van der Waals surface area contributed by atoms with E-state index < -0.39 is 44.8 Å². The van der Waals surface area contributed by atoms with Crippen molar-refractivity contribution in [1.29, 1.82) is 5.41 Å². The maximum Gasteiger partial charge on any atom is 0.339 e. The molecule has 0 radical (unpaired) electrons. The summed E-state index contributed by atoms with van der Waals surface area (Å²) in [6, 6.07) is 8.13. The molecule has 0 aliphatic rings. The molecule has 0 spiro atoms. The number of rotatable bonds is 9. The van der Waals surface area contributed by atoms with Crippen LogP contribution in [0.5, 0.6) is 5.75 Å². The number of nitrogens with zero attached hydrogens (tertiary/aromatic N) is 1. The molecule has 0 heterocycles. The Morgan fingerprint density at radius 1 is 1.12 bits per heavy atom. The number of nitrogens with one attached hydrogen (secondary N) is 1. The molecule has 0 saturated heterocycles. The van der Waals surface area contributed by atoms with Crippen molar-refractivity contribution in [3.63, 3.8) is 0 Å². The lowest BCUT2D eigenvalue weighted by molar-refractivity contribution is -0.385. The molecule has 33 heavy (non-hydrogen) atoms. The van der Waals surface area contributed by atoms with Gasteiger partial charge in [-0.3, -0.25) is 14.9 Å². The number of ether oxygens (including phenoxy) is 1. The Morgan fingerprint density at radius 3 is 2.24 bits per heavy atom. The summed E-state index contributed by atoms with van der Waals surface area (Å²) in [7, 11) is -4.39. The molecule has 0 saturated carbocycles. The third kappa shape index (κ3) is 6.23. The number of nitro groups is 1. The number of hydrogen-bond acceptors (Lipinski definition) is 10. The normalized spacial score (nSPS) is 11.8. The Kier molecular flexibility index (Phi) is 7.67. The third-order valence-corrected chi connectivity index (χ3v) is 5.69. The average Bonchev–Trinajstić information content (AvgIpc) is 2.71. The van der Waals surface area contributed by atoms with Crippen molar-refractivity contribution in [2.45, 2.75) is 25.7 Å². The number of non-ortho nitro benzene ring substituents is 1. The first-order valence-corrected chi connectivity index (χ1v) is 10.7. The number of allylic oxidation sites excluding steroid dienone is 1. The van der Waals surface area contributed by atoms with Gasteiger partial charge in [0.05, 0.1) is 16.1 Å². The topological polar surface area (TPSA) is 174 Å². The molecule has 12 heteroatoms. The van der Waals surface area contributed by atoms with Gasteiger partial charge in [-0.05, 0) is 50.6 Å². The first kappa shape index (κ1) is 25.2. The minimum atomic E-state index is -4.39. The Morgan fingerprint density at radius 2 is 1.73 bits per heavy atom. The SMILES string of the molecule is CC(=N)/C(C(C)=O)=C(/O)COC(=O)c1ccc(OS(=O)(=O)c2cc([N+](=O)[O-])ccc2C)cc1. The summed E-state index contributed by atoms with van der Waals surface area (Å²) in [5, 5.41) is 28.3. The highest BCUT2D eigenvalue weighted by Gasteiger charge is 2.23. The summed E-state index contributed by atoms with van der Waals surface area (Å²) < 4.78 is 35.0. The summed E-state index contributed by atoms with van der Waals surface area (Å²) in [6.07, 6.45) is 0. The van der Waals surface area contributed by atoms with E-state index in [0.717, 1.165) is 13.0 Å². The van der Waals surface area contributed by atoms with E-state index in [-0.39, 0.29) is 33.1 Å². The zero-order valence-electron chi connectivity index (χ0n) is 17.8. The molecule has 0 aliphatic carbocycles. The highest BCUT2D eigenvalue weighted by molar-refractivity contribution is 7.87. The van der Waals surface area contributed by atoms with Gasteiger partial charge in [-0.1, -0.05) is 6.07 Å². The largest absolute Gasteiger partial charge is 0.508 e. The zero-order chi connectivity index (χ0) is 24.9. The van der Waals surface area contributed by atoms with Gasteiger partial charge in [0.15, 0.2) is 5.78 Å². The van der Waals surface area contributed by atoms with Crippen LogP contribution < -0.4 is 4.18 Å². The number of benzene rings is 2. The highest BCUT2D eigenvalue weighted by Crippen LogP contribution is 2.25. The van der Waals surface area contributed by atoms with E-state index in [9.17, 15) is 33.2 Å². The average molecular weight is 476 g/mol. The van der Waals surface area contributed by atoms with Crippen molar-refractivity contribution in [3.05, 3.63) is 75.0 Å². The van der Waals surface area contributed by atoms with Crippen LogP contribution in [0.4, 0.5) is 5.69 Å². The highest BCUT2D eigenvalue weighted by atomic mass is 32.2. The van der Waals surface area contributed by atoms with Gasteiger partial charge in [0.25, 0.3) is 5.69 Å². The van der Waals surface area contributed by atoms with Crippen molar-refractivity contribution in [2.75, 3.05) is 6.61 Å². The maximum absolute atomic E-state index is 12.6. The predicted octanol–water partition coefficient (Wildman–Crippen LogP) is 3.27. The summed E-state index contributed by atoms with van der Waals surface area (Å²) in [6.45, 7) is 3.28. The first-order chi connectivity index (χ1) is 15.3. The molecule has 0 aromatic heterocycles. The number of aliphatic hydroxyl groups excluding tert-OH is 1. The van der Waals surface area contributed by atoms with Crippen LogP contribution in [0, 0.1) is 22.4 Å². The molecule has 174 valence electrons. The Labute approximate surface area is 189 Å². The number of hydrogen-bond donors (Lipinski definition) is 2. The standard InChI is InChI=1S/C21H20N2O9S/c1-12-4-7-16(23(27)28)10-19(12)33(29,30)32-17-8-5-15(6-9-17)21(26)31-11-18(25)20(13(2)22)14(3)24/h4-10,22,25H,11H2,1-3H3/b20-18-,22-13?. The summed E-state index contributed by atoms with van der Waals surface area (Å²) in [5.41, 5.74) is -0.607. The molecule has 2 aromatic carbocycles. The lowest BCUT2D eigenvalue weighted by Crippen LogP contribution is -2.15. The predicted molar refractivity (Wildman–Crippen MR) is 116 cm³/mol. The van der Waals surface area contributed by atoms with Crippen molar-refractivity contribution < 1.29 is 37.0 Å². The smallest absolute Gasteiger partial charge is 0.339 e. The van der Waals surface area contributed by atoms with Crippen molar-refractivity contribution >= 4 is 33.3 Å². The fourth-order valence-corrected chi connectivity index (χ4v) is 3.94. The van der Waals surface area contributed by atoms with E-state index >= 15 is 0 Å². The van der Waals surface area contributed by atoms with Crippen molar-refractivity contribution in [3.8, 4) is 5.75 Å². The number of aryl methyl sites for hydroxylation is 1. The van der Waals surface area contributed by atoms with Crippen LogP contribution in [0.2, 0.25) is 0 Å². The van der Waals surface area contributed by atoms with Gasteiger partial charge in [-0.2, -0.15) is 8.42 Å². The molecule has 0 bridgehead atoms. The second-order valence-corrected chi connectivity index (χ2v) is 8.36. The first-order valence-electron chi connectivity index (χ1n) is 9.28. The van der Waals surface area contributed by atoms with Gasteiger partial charge in [-0.25, -0.2) is 4.79 Å². The van der Waals surface area contributed by atoms with Crippen LogP contribution in [0.25, 0.3) is 0 Å². The molecule has 11 nitrogen and oxygen atoms in total. The van der Waals surface area contributed by atoms with Gasteiger partial charge >= 0.3 is 16.1 Å². The lowest BCUT2D eigenvalue weighted by atomic mass is 10.1. The molecule has 0 fully saturated rings. The number of carbonyl (C=O) groups excluding carboxylic acids is 2. The van der Waals surface area contributed by atoms with Crippen LogP contribution in [-0.4, -0.2) is 42.5 Å². The van der Waals surface area contributed by atoms with Crippen LogP contribution in [0.3, 0.4) is 0 Å². The number of ketones is 1. The van der Waals surface area contributed by atoms with E-state index in [4.69, 9.17) is 14.3 Å². The molecule has 0 amide bonds. The number of esters is 1. The summed E-state index contributed by atoms with van der Waals surface area (Å²) >= 11 is 0. The van der Waals surface area contributed by atoms with Crippen LogP contribution >= 0.6 is 0 Å². The van der Waals surface area contributed by atoms with E-state index in [1.54, 1.807) is 0 Å². The summed E-state index contributed by atoms with van der Waals surface area (Å²) in [5.74, 6) is -2.16. The number of aliphatic hydroxyl groups is 1. The van der Waals surface area contributed by atoms with Gasteiger partial charge < -0.3 is 19.4 Å². The van der Waals surface area contributed by atoms with Crippen LogP contribution in [-0.2, 0) is 19.6 Å². The molecule has 0 unspecified atom stereocenters. The van der Waals surface area contributed by atoms with E-state index in [1.165, 1.54) is 50.2 Å². The van der Waals surface area contributed by atoms with Crippen molar-refractivity contribution in [2.24, 2.45) is 0 Å². The monoisotopic (exact) mass is 476 g/mol. The van der Waals surface area contributed by atoms with E-state index in [0.29, 0.717) is 0 Å². The molecule has 0 aliphatic heterocycles. The minimum absolute atomic E-state index is 0.00460. The molecule has 0 atom stereocenters. The van der Waals surface area contributed by atoms with Gasteiger partial charge in [0.2, 0.25) is 0 Å². The van der Waals surface area contributed by atoms with E-state index in [2.05, 4.69) is 0 Å². The summed E-state index contributed by atoms with van der Waals surface area (Å²) in [4.78, 5) is 33.5. The quantitative estimate of drug-likeness (QED) is 0.105. The van der Waals surface area contributed by atoms with E-state index in [1.807, 2.05) is 0 Å². The third-order valence-electron chi connectivity index (χ3n) is 4.30. The minimum Gasteiger partial charge on any atom is -0.508 e. The molecule has 2 rings (SSSR count). The lowest BCUT2D eigenvalue weighted by Gasteiger charge is -2.10. The maximum atomic E-state index is 12.6. The van der Waals surface area contributed by atoms with Crippen LogP contribution in [0.1, 0.15) is 29.8 Å². The van der Waals surface area contributed by atoms with Gasteiger partial charge in [0, 0.05) is 17.8 Å². The number of carbonyl (C=O) groups is 2. The van der Waals surface area contributed by atoms with Gasteiger partial charge in [0.1, 0.15) is 23.0 Å². The Balaban J connectivity index is 2.16. The molecular formula is C21H20N2O9S. The van der Waals surface area contributed by atoms with Crippen LogP contribution in [0.15, 0.2) is 58.7 Å².